The number of carbonyl (C=O) groups excluding carboxylic acids is 2. The van der Waals surface area contributed by atoms with Crippen LogP contribution in [0.4, 0.5) is 17.2 Å². The fourth-order valence-corrected chi connectivity index (χ4v) is 5.10. The molecular weight excluding hydrogens is 514 g/mol. The lowest BCUT2D eigenvalue weighted by atomic mass is 9.92. The summed E-state index contributed by atoms with van der Waals surface area (Å²) in [6.45, 7) is 5.48. The molecule has 11 heteroatoms. The second-order valence-corrected chi connectivity index (χ2v) is 9.66. The maximum Gasteiger partial charge on any atom is 0.293 e. The topological polar surface area (TPSA) is 115 Å². The molecule has 0 radical (unpaired) electrons. The van der Waals surface area contributed by atoms with Gasteiger partial charge in [0.05, 0.1) is 57.4 Å². The first kappa shape index (κ1) is 26.8. The van der Waals surface area contributed by atoms with Crippen LogP contribution in [0.3, 0.4) is 0 Å². The van der Waals surface area contributed by atoms with E-state index in [1.807, 2.05) is 42.3 Å². The molecule has 0 atom stereocenters. The number of fused-ring (bicyclic) bond motifs is 1. The molecule has 11 nitrogen and oxygen atoms in total. The molecule has 1 amide bonds. The van der Waals surface area contributed by atoms with E-state index < -0.39 is 5.60 Å². The summed E-state index contributed by atoms with van der Waals surface area (Å²) in [5.41, 5.74) is 2.22. The smallest absolute Gasteiger partial charge is 0.293 e. The van der Waals surface area contributed by atoms with Gasteiger partial charge in [-0.05, 0) is 36.4 Å². The minimum absolute atomic E-state index is 0.209. The van der Waals surface area contributed by atoms with Crippen molar-refractivity contribution < 1.29 is 28.5 Å². The fourth-order valence-electron chi connectivity index (χ4n) is 5.10. The van der Waals surface area contributed by atoms with Gasteiger partial charge in [-0.2, -0.15) is 0 Å². The molecular formula is C29H31N5O6. The van der Waals surface area contributed by atoms with E-state index in [1.54, 1.807) is 19.1 Å². The molecule has 0 unspecified atom stereocenters. The summed E-state index contributed by atoms with van der Waals surface area (Å²) in [6, 6.07) is 9.57. The van der Waals surface area contributed by atoms with Crippen molar-refractivity contribution in [3.63, 3.8) is 0 Å². The lowest BCUT2D eigenvalue weighted by Gasteiger charge is -2.49. The second kappa shape index (κ2) is 11.1. The molecule has 2 aliphatic heterocycles. The van der Waals surface area contributed by atoms with Gasteiger partial charge < -0.3 is 34.1 Å². The normalized spacial score (nSPS) is 15.4. The number of rotatable bonds is 11. The number of anilines is 3. The van der Waals surface area contributed by atoms with Gasteiger partial charge in [-0.1, -0.05) is 6.58 Å². The average molecular weight is 546 g/mol. The Morgan fingerprint density at radius 1 is 1.20 bits per heavy atom. The Hall–Kier alpha value is -4.80. The Bertz CT molecular complexity index is 1480. The summed E-state index contributed by atoms with van der Waals surface area (Å²) in [5, 5.41) is 4.15. The van der Waals surface area contributed by atoms with Crippen LogP contribution in [0.15, 0.2) is 55.4 Å². The van der Waals surface area contributed by atoms with Crippen molar-refractivity contribution in [1.29, 1.82) is 0 Å². The zero-order valence-corrected chi connectivity index (χ0v) is 22.7. The maximum absolute atomic E-state index is 12.0. The zero-order chi connectivity index (χ0) is 28.3. The average Bonchev–Trinajstić information content (AvgIpc) is 3.50. The van der Waals surface area contributed by atoms with Crippen LogP contribution in [-0.2, 0) is 19.1 Å². The highest BCUT2D eigenvalue weighted by atomic mass is 16.5. The van der Waals surface area contributed by atoms with Gasteiger partial charge in [0.15, 0.2) is 5.60 Å². The van der Waals surface area contributed by atoms with Crippen molar-refractivity contribution in [2.24, 2.45) is 0 Å². The van der Waals surface area contributed by atoms with Crippen molar-refractivity contribution in [1.82, 2.24) is 14.9 Å². The van der Waals surface area contributed by atoms with E-state index in [9.17, 15) is 9.59 Å². The van der Waals surface area contributed by atoms with Crippen molar-refractivity contribution in [2.75, 3.05) is 57.7 Å². The number of nitrogens with one attached hydrogen (secondary N) is 1. The van der Waals surface area contributed by atoms with E-state index in [0.717, 1.165) is 34.5 Å². The Morgan fingerprint density at radius 3 is 2.67 bits per heavy atom. The third kappa shape index (κ3) is 5.09. The number of ether oxygens (including phenoxy) is 4. The fraction of sp³-hybridized carbons (Fsp3) is 0.310. The Kier molecular flexibility index (Phi) is 7.45. The number of nitrogens with zero attached hydrogens (tertiary/aromatic N) is 4. The molecule has 0 aliphatic carbocycles. The first-order valence-corrected chi connectivity index (χ1v) is 12.8. The molecule has 5 rings (SSSR count). The molecule has 3 aromatic rings. The molecule has 1 fully saturated rings. The van der Waals surface area contributed by atoms with Crippen LogP contribution in [-0.4, -0.2) is 80.4 Å². The highest BCUT2D eigenvalue weighted by Crippen LogP contribution is 2.38. The molecule has 40 heavy (non-hydrogen) atoms. The van der Waals surface area contributed by atoms with Crippen LogP contribution in [0.2, 0.25) is 0 Å². The lowest BCUT2D eigenvalue weighted by Crippen LogP contribution is -2.68. The van der Waals surface area contributed by atoms with Gasteiger partial charge in [0.1, 0.15) is 29.4 Å². The van der Waals surface area contributed by atoms with Crippen molar-refractivity contribution in [3.8, 4) is 11.5 Å². The van der Waals surface area contributed by atoms with Gasteiger partial charge in [-0.25, -0.2) is 9.97 Å². The summed E-state index contributed by atoms with van der Waals surface area (Å²) in [7, 11) is 5.07. The highest BCUT2D eigenvalue weighted by molar-refractivity contribution is 5.95. The monoisotopic (exact) mass is 545 g/mol. The van der Waals surface area contributed by atoms with Crippen molar-refractivity contribution >= 4 is 46.2 Å². The van der Waals surface area contributed by atoms with Crippen LogP contribution in [0.5, 0.6) is 11.5 Å². The summed E-state index contributed by atoms with van der Waals surface area (Å²) in [6.07, 6.45) is 5.67. The molecule has 1 aromatic heterocycles. The predicted molar refractivity (Wildman–Crippen MR) is 151 cm³/mol. The van der Waals surface area contributed by atoms with Crippen LogP contribution < -0.4 is 19.7 Å². The van der Waals surface area contributed by atoms with Crippen LogP contribution in [0.1, 0.15) is 12.0 Å². The lowest BCUT2D eigenvalue weighted by molar-refractivity contribution is -0.170. The van der Waals surface area contributed by atoms with Gasteiger partial charge in [0, 0.05) is 30.5 Å². The minimum Gasteiger partial charge on any atom is -0.495 e. The number of hydrogen-bond acceptors (Lipinski definition) is 10. The summed E-state index contributed by atoms with van der Waals surface area (Å²) in [5.74, 6) is 2.44. The highest BCUT2D eigenvalue weighted by Gasteiger charge is 2.48. The van der Waals surface area contributed by atoms with Gasteiger partial charge >= 0.3 is 0 Å². The molecule has 1 N–H and O–H groups in total. The quantitative estimate of drug-likeness (QED) is 0.283. The molecule has 2 aliphatic rings. The van der Waals surface area contributed by atoms with E-state index >= 15 is 0 Å². The minimum atomic E-state index is -0.853. The Morgan fingerprint density at radius 2 is 2.00 bits per heavy atom. The number of likely N-dealkylation sites (N-methyl/N-ethyl adjacent to an activating group) is 1. The maximum atomic E-state index is 12.0. The zero-order valence-electron chi connectivity index (χ0n) is 22.7. The second-order valence-electron chi connectivity index (χ2n) is 9.66. The number of likely N-dealkylation sites (tertiary alicyclic amines) is 1. The Balaban J connectivity index is 1.48. The number of amides is 1. The van der Waals surface area contributed by atoms with Crippen LogP contribution in [0.25, 0.3) is 16.7 Å². The standard InChI is InChI=1S/C29H31N5O6/c1-5-27(36)34-15-29(16-34,40-18-35)14-33(2)23-12-20-21(13-26(23)38-4)30-17-31-28(20)32-22-11-19(8-9-25(22)37-3)24-7-6-10-39-24/h5,7-9,11-13,17-18H,1,6,10,14-16H2,2-4H3,(H,30,31,32). The van der Waals surface area contributed by atoms with Crippen molar-refractivity contribution in [2.45, 2.75) is 12.0 Å². The third-order valence-corrected chi connectivity index (χ3v) is 7.06. The van der Waals surface area contributed by atoms with Crippen LogP contribution in [0, 0.1) is 0 Å². The molecule has 208 valence electrons. The molecule has 0 bridgehead atoms. The number of carbonyl (C=O) groups is 2. The summed E-state index contributed by atoms with van der Waals surface area (Å²) >= 11 is 0. The number of hydrogen-bond donors (Lipinski definition) is 1. The summed E-state index contributed by atoms with van der Waals surface area (Å²) in [4.78, 5) is 35.8. The van der Waals surface area contributed by atoms with E-state index in [1.165, 1.54) is 12.4 Å². The molecule has 3 heterocycles. The molecule has 1 saturated heterocycles. The SMILES string of the molecule is C=CC(=O)N1CC(CN(C)c2cc3c(Nc4cc(C5=CCCO5)ccc4OC)ncnc3cc2OC)(OC=O)C1. The number of benzene rings is 2. The third-order valence-electron chi connectivity index (χ3n) is 7.06. The summed E-state index contributed by atoms with van der Waals surface area (Å²) < 4.78 is 22.5. The predicted octanol–water partition coefficient (Wildman–Crippen LogP) is 3.53. The van der Waals surface area contributed by atoms with E-state index in [-0.39, 0.29) is 19.0 Å². The largest absolute Gasteiger partial charge is 0.495 e. The van der Waals surface area contributed by atoms with E-state index in [0.29, 0.717) is 42.5 Å². The number of methoxy groups -OCH3 is 2. The van der Waals surface area contributed by atoms with Gasteiger partial charge in [-0.15, -0.1) is 0 Å². The van der Waals surface area contributed by atoms with Gasteiger partial charge in [0.2, 0.25) is 5.91 Å². The Labute approximate surface area is 232 Å². The van der Waals surface area contributed by atoms with Gasteiger partial charge in [0.25, 0.3) is 6.47 Å². The first-order valence-electron chi connectivity index (χ1n) is 12.8. The number of aromatic nitrogens is 2. The molecule has 2 aromatic carbocycles. The molecule has 0 spiro atoms. The van der Waals surface area contributed by atoms with Gasteiger partial charge in [-0.3, -0.25) is 9.59 Å². The van der Waals surface area contributed by atoms with Crippen molar-refractivity contribution in [3.05, 3.63) is 61.0 Å². The van der Waals surface area contributed by atoms with E-state index in [2.05, 4.69) is 27.9 Å². The first-order chi connectivity index (χ1) is 19.4. The van der Waals surface area contributed by atoms with E-state index in [4.69, 9.17) is 18.9 Å². The molecule has 0 saturated carbocycles. The van der Waals surface area contributed by atoms with Crippen LogP contribution >= 0.6 is 0 Å².